The van der Waals surface area contributed by atoms with E-state index in [9.17, 15) is 4.79 Å². The van der Waals surface area contributed by atoms with Crippen molar-refractivity contribution in [2.24, 2.45) is 0 Å². The number of nitrogens with zero attached hydrogens (tertiary/aromatic N) is 4. The summed E-state index contributed by atoms with van der Waals surface area (Å²) in [4.78, 5) is 33.7. The molecule has 14 heteroatoms. The minimum absolute atomic E-state index is 0.0111. The first-order valence-electron chi connectivity index (χ1n) is 20.0. The molecule has 10 rings (SSSR count). The fourth-order valence-corrected chi connectivity index (χ4v) is 8.16. The number of hydrogen-bond donors (Lipinski definition) is 3. The highest BCUT2D eigenvalue weighted by Crippen LogP contribution is 2.42. The van der Waals surface area contributed by atoms with E-state index in [-0.39, 0.29) is 68.3 Å². The Balaban J connectivity index is 1.34. The van der Waals surface area contributed by atoms with Crippen LogP contribution < -0.4 is 5.32 Å². The summed E-state index contributed by atoms with van der Waals surface area (Å²) in [7, 11) is 0. The number of fused-ring (bicyclic) bond motifs is 8. The number of aryl methyl sites for hydroxylation is 1. The average Bonchev–Trinajstić information content (AvgIpc) is 4.14. The van der Waals surface area contributed by atoms with Crippen LogP contribution in [-0.4, -0.2) is 35.4 Å². The summed E-state index contributed by atoms with van der Waals surface area (Å²) in [6.07, 6.45) is 11.2. The first-order valence-corrected chi connectivity index (χ1v) is 20.0. The molecule has 0 fully saturated rings. The molecule has 0 saturated heterocycles. The number of para-hydroxylation sites is 1. The summed E-state index contributed by atoms with van der Waals surface area (Å²) in [6, 6.07) is 23.5. The SMILES string of the molecule is O=C(CCn1ccnc1)Nc1ccccc1-c1c2nc(c(-c3c(F)cccc3F)c3ccc([nH]3)c(-c3c(F)cccc3F)c3nc(c(-c4c(F)cccc4F)c4ccc1[nH]4)C=C3)C=C2. The summed E-state index contributed by atoms with van der Waals surface area (Å²) >= 11 is 0. The summed E-state index contributed by atoms with van der Waals surface area (Å²) in [5.41, 5.74) is 1.12. The van der Waals surface area contributed by atoms with Crippen LogP contribution in [0.25, 0.3) is 90.9 Å². The molecule has 4 aromatic carbocycles. The van der Waals surface area contributed by atoms with Crippen LogP contribution in [0, 0.1) is 34.9 Å². The van der Waals surface area contributed by atoms with Gasteiger partial charge in [-0.2, -0.15) is 0 Å². The van der Waals surface area contributed by atoms with Gasteiger partial charge in [-0.25, -0.2) is 41.3 Å². The van der Waals surface area contributed by atoms with Gasteiger partial charge in [0, 0.05) is 80.9 Å². The standard InChI is InChI=1S/C50H31F6N7O/c51-28-7-3-8-29(52)45(28)48-37-16-14-35(58-37)44(27-6-1-2-13-34(27)62-43(64)22-24-63-25-23-57-26-63)36-15-17-38(59-36)49(46-30(53)9-4-10-31(46)54)40-19-21-42(61-40)50(41-20-18-39(48)60-41)47-32(55)11-5-12-33(47)56/h1-21,23,25-26,58,61H,22,24H2,(H,62,64). The van der Waals surface area contributed by atoms with Gasteiger partial charge >= 0.3 is 0 Å². The Morgan fingerprint density at radius 2 is 0.906 bits per heavy atom. The second-order valence-electron chi connectivity index (χ2n) is 14.9. The maximum atomic E-state index is 16.0. The van der Waals surface area contributed by atoms with Gasteiger partial charge in [-0.1, -0.05) is 36.4 Å². The molecular formula is C50H31F6N7O. The Morgan fingerprint density at radius 3 is 1.33 bits per heavy atom. The third kappa shape index (κ3) is 7.14. The molecule has 1 amide bonds. The summed E-state index contributed by atoms with van der Waals surface area (Å²) < 4.78 is 97.4. The van der Waals surface area contributed by atoms with Crippen LogP contribution in [0.3, 0.4) is 0 Å². The van der Waals surface area contributed by atoms with E-state index in [0.717, 1.165) is 36.4 Å². The smallest absolute Gasteiger partial charge is 0.226 e. The lowest BCUT2D eigenvalue weighted by molar-refractivity contribution is -0.116. The third-order valence-corrected chi connectivity index (χ3v) is 11.0. The Hall–Kier alpha value is -8.26. The van der Waals surface area contributed by atoms with Gasteiger partial charge in [0.15, 0.2) is 0 Å². The van der Waals surface area contributed by atoms with Gasteiger partial charge in [0.1, 0.15) is 34.9 Å². The molecule has 0 atom stereocenters. The summed E-state index contributed by atoms with van der Waals surface area (Å²) in [5, 5.41) is 3.00. The number of H-pyrrole nitrogens is 2. The van der Waals surface area contributed by atoms with E-state index in [1.807, 2.05) is 0 Å². The van der Waals surface area contributed by atoms with Gasteiger partial charge in [0.05, 0.1) is 45.8 Å². The lowest BCUT2D eigenvalue weighted by atomic mass is 10.0. The number of aromatic nitrogens is 6. The summed E-state index contributed by atoms with van der Waals surface area (Å²) in [6.45, 7) is 0.362. The molecule has 0 saturated carbocycles. The van der Waals surface area contributed by atoms with Gasteiger partial charge in [0.25, 0.3) is 0 Å². The minimum Gasteiger partial charge on any atom is -0.354 e. The van der Waals surface area contributed by atoms with Crippen LogP contribution in [0.4, 0.5) is 32.0 Å². The Bertz CT molecular complexity index is 3310. The van der Waals surface area contributed by atoms with E-state index in [1.54, 1.807) is 71.8 Å². The minimum atomic E-state index is -0.937. The van der Waals surface area contributed by atoms with Crippen LogP contribution >= 0.6 is 0 Å². The highest BCUT2D eigenvalue weighted by atomic mass is 19.2. The lowest BCUT2D eigenvalue weighted by Gasteiger charge is -2.13. The number of amides is 1. The molecule has 0 unspecified atom stereocenters. The highest BCUT2D eigenvalue weighted by Gasteiger charge is 2.25. The molecule has 6 heterocycles. The monoisotopic (exact) mass is 859 g/mol. The van der Waals surface area contributed by atoms with E-state index < -0.39 is 51.6 Å². The highest BCUT2D eigenvalue weighted by molar-refractivity contribution is 6.03. The van der Waals surface area contributed by atoms with Crippen molar-refractivity contribution in [3.05, 3.63) is 180 Å². The third-order valence-electron chi connectivity index (χ3n) is 11.0. The predicted octanol–water partition coefficient (Wildman–Crippen LogP) is 12.4. The maximum absolute atomic E-state index is 16.0. The molecule has 8 nitrogen and oxygen atoms in total. The van der Waals surface area contributed by atoms with Crippen molar-refractivity contribution in [2.45, 2.75) is 13.0 Å². The number of hydrogen-bond acceptors (Lipinski definition) is 4. The molecule has 64 heavy (non-hydrogen) atoms. The van der Waals surface area contributed by atoms with E-state index in [2.05, 4.69) is 20.3 Å². The summed E-state index contributed by atoms with van der Waals surface area (Å²) in [5.74, 6) is -5.78. The van der Waals surface area contributed by atoms with Crippen LogP contribution in [-0.2, 0) is 11.3 Å². The van der Waals surface area contributed by atoms with Crippen LogP contribution in [0.5, 0.6) is 0 Å². The zero-order valence-electron chi connectivity index (χ0n) is 33.2. The van der Waals surface area contributed by atoms with Gasteiger partial charge < -0.3 is 19.9 Å². The van der Waals surface area contributed by atoms with E-state index >= 15 is 26.3 Å². The number of imidazole rings is 1. The molecule has 4 aromatic heterocycles. The molecule has 8 bridgehead atoms. The predicted molar refractivity (Wildman–Crippen MR) is 236 cm³/mol. The topological polar surface area (TPSA) is 104 Å². The molecule has 8 aromatic rings. The van der Waals surface area contributed by atoms with Crippen molar-refractivity contribution in [2.75, 3.05) is 5.32 Å². The zero-order chi connectivity index (χ0) is 44.1. The Morgan fingerprint density at radius 1 is 0.500 bits per heavy atom. The molecule has 2 aliphatic heterocycles. The first-order chi connectivity index (χ1) is 31.1. The molecule has 0 aliphatic carbocycles. The van der Waals surface area contributed by atoms with Crippen molar-refractivity contribution in [1.82, 2.24) is 29.5 Å². The van der Waals surface area contributed by atoms with Crippen molar-refractivity contribution in [3.8, 4) is 44.5 Å². The number of carbonyl (C=O) groups is 1. The molecule has 0 radical (unpaired) electrons. The fraction of sp³-hybridized carbons (Fsp3) is 0.0400. The second kappa shape index (κ2) is 16.2. The van der Waals surface area contributed by atoms with E-state index in [1.165, 1.54) is 42.5 Å². The van der Waals surface area contributed by atoms with Crippen molar-refractivity contribution < 1.29 is 31.1 Å². The maximum Gasteiger partial charge on any atom is 0.226 e. The molecule has 0 spiro atoms. The quantitative estimate of drug-likeness (QED) is 0.132. The Labute approximate surface area is 360 Å². The molecular weight excluding hydrogens is 829 g/mol. The van der Waals surface area contributed by atoms with Gasteiger partial charge in [-0.05, 0) is 91.0 Å². The number of benzene rings is 4. The Kier molecular flexibility index (Phi) is 10.1. The van der Waals surface area contributed by atoms with E-state index in [0.29, 0.717) is 28.9 Å². The first kappa shape index (κ1) is 39.9. The van der Waals surface area contributed by atoms with E-state index in [4.69, 9.17) is 9.97 Å². The van der Waals surface area contributed by atoms with Crippen LogP contribution in [0.2, 0.25) is 0 Å². The number of anilines is 1. The van der Waals surface area contributed by atoms with Gasteiger partial charge in [-0.3, -0.25) is 4.79 Å². The number of halogens is 6. The van der Waals surface area contributed by atoms with Crippen molar-refractivity contribution >= 4 is 58.0 Å². The number of carbonyl (C=O) groups excluding carboxylic acids is 1. The molecule has 3 N–H and O–H groups in total. The van der Waals surface area contributed by atoms with Crippen LogP contribution in [0.1, 0.15) is 29.2 Å². The normalized spacial score (nSPS) is 12.0. The van der Waals surface area contributed by atoms with Crippen molar-refractivity contribution in [3.63, 3.8) is 0 Å². The van der Waals surface area contributed by atoms with Gasteiger partial charge in [0.2, 0.25) is 5.91 Å². The van der Waals surface area contributed by atoms with Crippen molar-refractivity contribution in [1.29, 1.82) is 0 Å². The average molecular weight is 860 g/mol. The number of rotatable bonds is 8. The number of nitrogens with one attached hydrogen (secondary N) is 3. The second-order valence-corrected chi connectivity index (χ2v) is 14.9. The zero-order valence-corrected chi connectivity index (χ0v) is 33.2. The van der Waals surface area contributed by atoms with Gasteiger partial charge in [-0.15, -0.1) is 0 Å². The van der Waals surface area contributed by atoms with Crippen LogP contribution in [0.15, 0.2) is 122 Å². The molecule has 314 valence electrons. The lowest BCUT2D eigenvalue weighted by Crippen LogP contribution is -2.14. The fourth-order valence-electron chi connectivity index (χ4n) is 8.16. The number of aromatic amines is 2. The molecule has 2 aliphatic rings. The largest absolute Gasteiger partial charge is 0.354 e.